The summed E-state index contributed by atoms with van der Waals surface area (Å²) in [6, 6.07) is 0.708. The Morgan fingerprint density at radius 2 is 2.18 bits per heavy atom. The molecule has 11 heavy (non-hydrogen) atoms. The second kappa shape index (κ2) is 2.76. The number of aliphatic hydroxyl groups excluding tert-OH is 1. The maximum atomic E-state index is 9.10. The molecule has 2 aliphatic rings. The van der Waals surface area contributed by atoms with Crippen LogP contribution in [0.1, 0.15) is 19.3 Å². The lowest BCUT2D eigenvalue weighted by Crippen LogP contribution is -2.33. The molecule has 0 bridgehead atoms. The van der Waals surface area contributed by atoms with E-state index >= 15 is 0 Å². The highest BCUT2D eigenvalue weighted by molar-refractivity contribution is 4.95. The van der Waals surface area contributed by atoms with Gasteiger partial charge in [0.15, 0.2) is 0 Å². The van der Waals surface area contributed by atoms with Crippen LogP contribution in [0.5, 0.6) is 0 Å². The van der Waals surface area contributed by atoms with E-state index < -0.39 is 0 Å². The average molecular weight is 155 g/mol. The normalized spacial score (nSPS) is 44.7. The van der Waals surface area contributed by atoms with Gasteiger partial charge in [0, 0.05) is 12.6 Å². The molecule has 2 heteroatoms. The fourth-order valence-electron chi connectivity index (χ4n) is 2.91. The van der Waals surface area contributed by atoms with E-state index in [0.29, 0.717) is 18.6 Å². The molecule has 2 rings (SSSR count). The Morgan fingerprint density at radius 1 is 1.36 bits per heavy atom. The lowest BCUT2D eigenvalue weighted by molar-refractivity contribution is 0.154. The Labute approximate surface area is 68.2 Å². The predicted molar refractivity (Wildman–Crippen MR) is 44.3 cm³/mol. The van der Waals surface area contributed by atoms with E-state index in [-0.39, 0.29) is 0 Å². The molecule has 3 atom stereocenters. The summed E-state index contributed by atoms with van der Waals surface area (Å²) in [5.74, 6) is 1.48. The minimum atomic E-state index is 0.394. The molecule has 64 valence electrons. The molecule has 0 spiro atoms. The highest BCUT2D eigenvalue weighted by Crippen LogP contribution is 2.40. The molecule has 1 saturated heterocycles. The Bertz CT molecular complexity index is 148. The van der Waals surface area contributed by atoms with E-state index in [1.807, 2.05) is 0 Å². The van der Waals surface area contributed by atoms with Crippen molar-refractivity contribution in [1.29, 1.82) is 0 Å². The van der Waals surface area contributed by atoms with Crippen LogP contribution in [-0.2, 0) is 0 Å². The van der Waals surface area contributed by atoms with E-state index in [9.17, 15) is 0 Å². The Morgan fingerprint density at radius 3 is 2.91 bits per heavy atom. The van der Waals surface area contributed by atoms with Crippen LogP contribution in [0.15, 0.2) is 0 Å². The molecule has 0 unspecified atom stereocenters. The van der Waals surface area contributed by atoms with Gasteiger partial charge in [-0.25, -0.2) is 0 Å². The standard InChI is InChI=1S/C9H17NO/c1-10-5-4-7-2-3-8(6-11)9(7)10/h7-9,11H,2-6H2,1H3/t7-,8-,9+/m0/s1. The van der Waals surface area contributed by atoms with Crippen molar-refractivity contribution >= 4 is 0 Å². The molecule has 1 aliphatic carbocycles. The molecule has 0 amide bonds. The average Bonchev–Trinajstić information content (AvgIpc) is 2.54. The molecule has 1 heterocycles. The first-order valence-electron chi connectivity index (χ1n) is 4.64. The van der Waals surface area contributed by atoms with Crippen LogP contribution in [0.2, 0.25) is 0 Å². The third kappa shape index (κ3) is 1.09. The fraction of sp³-hybridized carbons (Fsp3) is 1.00. The van der Waals surface area contributed by atoms with Crippen molar-refractivity contribution in [2.24, 2.45) is 11.8 Å². The summed E-state index contributed by atoms with van der Waals surface area (Å²) in [4.78, 5) is 2.43. The zero-order valence-electron chi connectivity index (χ0n) is 7.16. The number of hydrogen-bond donors (Lipinski definition) is 1. The number of fused-ring (bicyclic) bond motifs is 1. The van der Waals surface area contributed by atoms with Gasteiger partial charge in [-0.05, 0) is 44.7 Å². The zero-order chi connectivity index (χ0) is 7.84. The van der Waals surface area contributed by atoms with Gasteiger partial charge < -0.3 is 10.0 Å². The second-order valence-electron chi connectivity index (χ2n) is 4.04. The summed E-state index contributed by atoms with van der Waals surface area (Å²) in [5, 5.41) is 9.10. The van der Waals surface area contributed by atoms with Crippen molar-refractivity contribution in [1.82, 2.24) is 4.90 Å². The van der Waals surface area contributed by atoms with E-state index in [0.717, 1.165) is 5.92 Å². The smallest absolute Gasteiger partial charge is 0.0474 e. The van der Waals surface area contributed by atoms with Crippen molar-refractivity contribution in [3.63, 3.8) is 0 Å². The first-order valence-corrected chi connectivity index (χ1v) is 4.64. The van der Waals surface area contributed by atoms with Gasteiger partial charge in [0.1, 0.15) is 0 Å². The van der Waals surface area contributed by atoms with E-state index in [1.165, 1.54) is 25.8 Å². The minimum absolute atomic E-state index is 0.394. The molecule has 0 aromatic heterocycles. The maximum Gasteiger partial charge on any atom is 0.0474 e. The van der Waals surface area contributed by atoms with Gasteiger partial charge in [-0.1, -0.05) is 0 Å². The summed E-state index contributed by atoms with van der Waals surface area (Å²) >= 11 is 0. The number of rotatable bonds is 1. The summed E-state index contributed by atoms with van der Waals surface area (Å²) in [5.41, 5.74) is 0. The lowest BCUT2D eigenvalue weighted by Gasteiger charge is -2.24. The first-order chi connectivity index (χ1) is 5.33. The zero-order valence-corrected chi connectivity index (χ0v) is 7.16. The van der Waals surface area contributed by atoms with Crippen LogP contribution in [0.4, 0.5) is 0 Å². The van der Waals surface area contributed by atoms with Gasteiger partial charge >= 0.3 is 0 Å². The van der Waals surface area contributed by atoms with Gasteiger partial charge in [-0.2, -0.15) is 0 Å². The van der Waals surface area contributed by atoms with Gasteiger partial charge in [-0.3, -0.25) is 0 Å². The Balaban J connectivity index is 2.07. The number of hydrogen-bond acceptors (Lipinski definition) is 2. The minimum Gasteiger partial charge on any atom is -0.396 e. The van der Waals surface area contributed by atoms with Crippen LogP contribution in [0.25, 0.3) is 0 Å². The molecule has 1 N–H and O–H groups in total. The van der Waals surface area contributed by atoms with Crippen LogP contribution in [-0.4, -0.2) is 36.2 Å². The van der Waals surface area contributed by atoms with Crippen LogP contribution in [0.3, 0.4) is 0 Å². The van der Waals surface area contributed by atoms with Crippen LogP contribution >= 0.6 is 0 Å². The van der Waals surface area contributed by atoms with Gasteiger partial charge in [0.2, 0.25) is 0 Å². The molecule has 0 aromatic rings. The van der Waals surface area contributed by atoms with E-state index in [1.54, 1.807) is 0 Å². The van der Waals surface area contributed by atoms with Gasteiger partial charge in [-0.15, -0.1) is 0 Å². The Hall–Kier alpha value is -0.0800. The van der Waals surface area contributed by atoms with Crippen molar-refractivity contribution in [3.8, 4) is 0 Å². The third-order valence-corrected chi connectivity index (χ3v) is 3.47. The van der Waals surface area contributed by atoms with E-state index in [2.05, 4.69) is 11.9 Å². The van der Waals surface area contributed by atoms with Crippen molar-refractivity contribution < 1.29 is 5.11 Å². The highest BCUT2D eigenvalue weighted by Gasteiger charge is 2.41. The highest BCUT2D eigenvalue weighted by atomic mass is 16.3. The van der Waals surface area contributed by atoms with Crippen LogP contribution < -0.4 is 0 Å². The van der Waals surface area contributed by atoms with Crippen LogP contribution in [0, 0.1) is 11.8 Å². The first kappa shape index (κ1) is 7.56. The number of likely N-dealkylation sites (tertiary alicyclic amines) is 1. The molecule has 1 aliphatic heterocycles. The largest absolute Gasteiger partial charge is 0.396 e. The van der Waals surface area contributed by atoms with Gasteiger partial charge in [0.25, 0.3) is 0 Å². The monoisotopic (exact) mass is 155 g/mol. The number of nitrogens with zero attached hydrogens (tertiary/aromatic N) is 1. The predicted octanol–water partition coefficient (Wildman–Crippen LogP) is 0.709. The molecular formula is C9H17NO. The van der Waals surface area contributed by atoms with Crippen molar-refractivity contribution in [3.05, 3.63) is 0 Å². The maximum absolute atomic E-state index is 9.10. The second-order valence-corrected chi connectivity index (χ2v) is 4.04. The summed E-state index contributed by atoms with van der Waals surface area (Å²) in [6.45, 7) is 1.64. The van der Waals surface area contributed by atoms with Crippen molar-refractivity contribution in [2.45, 2.75) is 25.3 Å². The number of aliphatic hydroxyl groups is 1. The summed E-state index contributed by atoms with van der Waals surface area (Å²) in [6.07, 6.45) is 3.95. The molecule has 2 nitrogen and oxygen atoms in total. The fourth-order valence-corrected chi connectivity index (χ4v) is 2.91. The topological polar surface area (TPSA) is 23.5 Å². The molecule has 1 saturated carbocycles. The molecule has 0 aromatic carbocycles. The van der Waals surface area contributed by atoms with E-state index in [4.69, 9.17) is 5.11 Å². The summed E-state index contributed by atoms with van der Waals surface area (Å²) in [7, 11) is 2.19. The third-order valence-electron chi connectivity index (χ3n) is 3.47. The molecule has 2 fully saturated rings. The van der Waals surface area contributed by atoms with Crippen molar-refractivity contribution in [2.75, 3.05) is 20.2 Å². The SMILES string of the molecule is CN1CC[C@@H]2CC[C@@H](CO)[C@@H]21. The quantitative estimate of drug-likeness (QED) is 0.603. The van der Waals surface area contributed by atoms with Gasteiger partial charge in [0.05, 0.1) is 0 Å². The Kier molecular flexibility index (Phi) is 1.90. The lowest BCUT2D eigenvalue weighted by atomic mass is 10.00. The molecule has 0 radical (unpaired) electrons. The summed E-state index contributed by atoms with van der Waals surface area (Å²) < 4.78 is 0. The molecular weight excluding hydrogens is 138 g/mol.